The van der Waals surface area contributed by atoms with Gasteiger partial charge in [0.05, 0.1) is 0 Å². The summed E-state index contributed by atoms with van der Waals surface area (Å²) < 4.78 is 0. The lowest BCUT2D eigenvalue weighted by Gasteiger charge is -1.94. The maximum Gasteiger partial charge on any atom is 0.0169 e. The summed E-state index contributed by atoms with van der Waals surface area (Å²) in [6.07, 6.45) is 6.69. The van der Waals surface area contributed by atoms with Gasteiger partial charge < -0.3 is 11.1 Å². The van der Waals surface area contributed by atoms with Crippen molar-refractivity contribution in [2.45, 2.75) is 12.8 Å². The summed E-state index contributed by atoms with van der Waals surface area (Å²) in [6.45, 7) is 1.77. The molecular weight excluding hydrogens is 112 g/mol. The number of hydrogen-bond acceptors (Lipinski definition) is 2. The zero-order valence-electron chi connectivity index (χ0n) is 5.64. The van der Waals surface area contributed by atoms with Gasteiger partial charge in [-0.05, 0) is 25.0 Å². The second kappa shape index (κ2) is 3.51. The van der Waals surface area contributed by atoms with Gasteiger partial charge in [-0.3, -0.25) is 0 Å². The zero-order valence-corrected chi connectivity index (χ0v) is 5.64. The zero-order chi connectivity index (χ0) is 6.53. The van der Waals surface area contributed by atoms with Crippen LogP contribution in [0.3, 0.4) is 0 Å². The van der Waals surface area contributed by atoms with Gasteiger partial charge in [-0.25, -0.2) is 0 Å². The van der Waals surface area contributed by atoms with E-state index in [1.54, 1.807) is 0 Å². The minimum Gasteiger partial charge on any atom is -0.391 e. The maximum atomic E-state index is 5.23. The summed E-state index contributed by atoms with van der Waals surface area (Å²) in [5, 5.41) is 3.19. The van der Waals surface area contributed by atoms with Gasteiger partial charge in [-0.15, -0.1) is 0 Å². The van der Waals surface area contributed by atoms with Gasteiger partial charge in [0.2, 0.25) is 0 Å². The van der Waals surface area contributed by atoms with Gasteiger partial charge >= 0.3 is 0 Å². The molecule has 0 atom stereocenters. The van der Waals surface area contributed by atoms with E-state index in [1.165, 1.54) is 12.8 Å². The fourth-order valence-corrected chi connectivity index (χ4v) is 0.708. The van der Waals surface area contributed by atoms with Crippen molar-refractivity contribution in [1.82, 2.24) is 5.32 Å². The summed E-state index contributed by atoms with van der Waals surface area (Å²) in [5.41, 5.74) is 5.23. The van der Waals surface area contributed by atoms with Crippen LogP contribution in [0.25, 0.3) is 0 Å². The smallest absolute Gasteiger partial charge is 0.0169 e. The Kier molecular flexibility index (Phi) is 2.58. The van der Waals surface area contributed by atoms with Crippen LogP contribution in [-0.4, -0.2) is 13.1 Å². The molecule has 1 saturated carbocycles. The molecule has 1 aliphatic rings. The van der Waals surface area contributed by atoms with Gasteiger partial charge in [0, 0.05) is 13.1 Å². The van der Waals surface area contributed by atoms with E-state index >= 15 is 0 Å². The number of nitrogens with two attached hydrogens (primary N) is 1. The van der Waals surface area contributed by atoms with Crippen molar-refractivity contribution in [2.75, 3.05) is 13.1 Å². The Morgan fingerprint density at radius 3 is 2.89 bits per heavy atom. The van der Waals surface area contributed by atoms with Crippen LogP contribution in [0.4, 0.5) is 0 Å². The highest BCUT2D eigenvalue weighted by atomic mass is 14.8. The van der Waals surface area contributed by atoms with Gasteiger partial charge in [-0.2, -0.15) is 0 Å². The first-order valence-corrected chi connectivity index (χ1v) is 3.52. The van der Waals surface area contributed by atoms with Gasteiger partial charge in [0.1, 0.15) is 0 Å². The van der Waals surface area contributed by atoms with Crippen molar-refractivity contribution in [1.29, 1.82) is 0 Å². The molecule has 0 aromatic carbocycles. The first-order chi connectivity index (χ1) is 4.43. The molecule has 2 nitrogen and oxygen atoms in total. The topological polar surface area (TPSA) is 38.0 Å². The van der Waals surface area contributed by atoms with Crippen LogP contribution >= 0.6 is 0 Å². The molecule has 1 aliphatic carbocycles. The van der Waals surface area contributed by atoms with E-state index in [-0.39, 0.29) is 0 Å². The molecule has 0 heterocycles. The van der Waals surface area contributed by atoms with Crippen molar-refractivity contribution in [3.63, 3.8) is 0 Å². The van der Waals surface area contributed by atoms with E-state index in [4.69, 9.17) is 5.73 Å². The third-order valence-electron chi connectivity index (χ3n) is 1.48. The van der Waals surface area contributed by atoms with Crippen LogP contribution in [0, 0.1) is 5.92 Å². The van der Waals surface area contributed by atoms with E-state index in [0.29, 0.717) is 6.54 Å². The molecular formula is C7H14N2. The summed E-state index contributed by atoms with van der Waals surface area (Å²) in [5.74, 6) is 0.951. The SMILES string of the molecule is NC/C=C/NCC1CC1. The average molecular weight is 126 g/mol. The Morgan fingerprint density at radius 2 is 2.33 bits per heavy atom. The van der Waals surface area contributed by atoms with Crippen LogP contribution in [0.5, 0.6) is 0 Å². The van der Waals surface area contributed by atoms with Gasteiger partial charge in [0.25, 0.3) is 0 Å². The highest BCUT2D eigenvalue weighted by molar-refractivity contribution is 4.83. The first-order valence-electron chi connectivity index (χ1n) is 3.52. The number of hydrogen-bond donors (Lipinski definition) is 2. The largest absolute Gasteiger partial charge is 0.391 e. The molecule has 0 aromatic rings. The predicted octanol–water partition coefficient (Wildman–Crippen LogP) is 0.458. The van der Waals surface area contributed by atoms with E-state index in [0.717, 1.165) is 12.5 Å². The standard InChI is InChI=1S/C7H14N2/c8-4-1-5-9-6-7-2-3-7/h1,5,7,9H,2-4,6,8H2/b5-1+. The van der Waals surface area contributed by atoms with Gasteiger partial charge in [-0.1, -0.05) is 6.08 Å². The summed E-state index contributed by atoms with van der Waals surface area (Å²) in [4.78, 5) is 0. The molecule has 1 rings (SSSR count). The maximum absolute atomic E-state index is 5.23. The summed E-state index contributed by atoms with van der Waals surface area (Å²) in [7, 11) is 0. The highest BCUT2D eigenvalue weighted by Gasteiger charge is 2.19. The quantitative estimate of drug-likeness (QED) is 0.574. The van der Waals surface area contributed by atoms with Crippen molar-refractivity contribution < 1.29 is 0 Å². The van der Waals surface area contributed by atoms with Crippen LogP contribution in [-0.2, 0) is 0 Å². The number of nitrogens with one attached hydrogen (secondary N) is 1. The minimum atomic E-state index is 0.637. The summed E-state index contributed by atoms with van der Waals surface area (Å²) >= 11 is 0. The molecule has 0 aromatic heterocycles. The fraction of sp³-hybridized carbons (Fsp3) is 0.714. The monoisotopic (exact) mass is 126 g/mol. The van der Waals surface area contributed by atoms with Crippen LogP contribution in [0.2, 0.25) is 0 Å². The van der Waals surface area contributed by atoms with E-state index in [1.807, 2.05) is 12.3 Å². The Bertz CT molecular complexity index is 95.1. The lowest BCUT2D eigenvalue weighted by molar-refractivity contribution is 0.746. The van der Waals surface area contributed by atoms with Crippen molar-refractivity contribution in [3.8, 4) is 0 Å². The lowest BCUT2D eigenvalue weighted by atomic mass is 10.4. The normalized spacial score (nSPS) is 18.8. The molecule has 3 N–H and O–H groups in total. The highest BCUT2D eigenvalue weighted by Crippen LogP contribution is 2.27. The van der Waals surface area contributed by atoms with Crippen LogP contribution in [0.15, 0.2) is 12.3 Å². The second-order valence-electron chi connectivity index (χ2n) is 2.49. The van der Waals surface area contributed by atoms with E-state index < -0.39 is 0 Å². The molecule has 0 radical (unpaired) electrons. The van der Waals surface area contributed by atoms with E-state index in [2.05, 4.69) is 5.32 Å². The molecule has 1 fully saturated rings. The molecule has 0 amide bonds. The molecule has 9 heavy (non-hydrogen) atoms. The Morgan fingerprint density at radius 1 is 1.56 bits per heavy atom. The molecule has 0 saturated heterocycles. The molecule has 52 valence electrons. The van der Waals surface area contributed by atoms with Crippen molar-refractivity contribution in [3.05, 3.63) is 12.3 Å². The Hall–Kier alpha value is -0.500. The third kappa shape index (κ3) is 3.14. The molecule has 0 bridgehead atoms. The fourth-order valence-electron chi connectivity index (χ4n) is 0.708. The molecule has 0 spiro atoms. The van der Waals surface area contributed by atoms with Crippen LogP contribution < -0.4 is 11.1 Å². The third-order valence-corrected chi connectivity index (χ3v) is 1.48. The Balaban J connectivity index is 1.85. The Labute approximate surface area is 56.1 Å². The minimum absolute atomic E-state index is 0.637. The summed E-state index contributed by atoms with van der Waals surface area (Å²) in [6, 6.07) is 0. The average Bonchev–Trinajstić information content (AvgIpc) is 2.63. The van der Waals surface area contributed by atoms with E-state index in [9.17, 15) is 0 Å². The molecule has 0 unspecified atom stereocenters. The van der Waals surface area contributed by atoms with Crippen molar-refractivity contribution >= 4 is 0 Å². The van der Waals surface area contributed by atoms with Crippen molar-refractivity contribution in [2.24, 2.45) is 11.7 Å². The first kappa shape index (κ1) is 6.62. The second-order valence-corrected chi connectivity index (χ2v) is 2.49. The molecule has 0 aliphatic heterocycles. The predicted molar refractivity (Wildman–Crippen MR) is 38.9 cm³/mol. The molecule has 2 heteroatoms. The number of rotatable bonds is 4. The van der Waals surface area contributed by atoms with Gasteiger partial charge in [0.15, 0.2) is 0 Å². The lowest BCUT2D eigenvalue weighted by Crippen LogP contribution is -2.09. The van der Waals surface area contributed by atoms with Crippen LogP contribution in [0.1, 0.15) is 12.8 Å².